The highest BCUT2D eigenvalue weighted by Crippen LogP contribution is 2.38. The molecule has 0 aromatic rings. The van der Waals surface area contributed by atoms with Crippen molar-refractivity contribution in [2.45, 2.75) is 26.7 Å². The molecule has 0 aliphatic heterocycles. The first-order valence-electron chi connectivity index (χ1n) is 4.51. The molecule has 0 amide bonds. The molecule has 0 spiro atoms. The van der Waals surface area contributed by atoms with E-state index in [1.165, 1.54) is 5.57 Å². The zero-order chi connectivity index (χ0) is 10.1. The smallest absolute Gasteiger partial charge is 0.181 e. The molecule has 0 saturated carbocycles. The van der Waals surface area contributed by atoms with E-state index in [9.17, 15) is 4.79 Å². The second kappa shape index (κ2) is 3.33. The van der Waals surface area contributed by atoms with E-state index in [2.05, 4.69) is 27.0 Å². The third-order valence-corrected chi connectivity index (χ3v) is 2.54. The maximum absolute atomic E-state index is 11.4. The van der Waals surface area contributed by atoms with Gasteiger partial charge in [0.1, 0.15) is 0 Å². The van der Waals surface area contributed by atoms with Gasteiger partial charge < -0.3 is 0 Å². The molecule has 70 valence electrons. The van der Waals surface area contributed by atoms with Crippen LogP contribution >= 0.6 is 0 Å². The predicted molar refractivity (Wildman–Crippen MR) is 55.4 cm³/mol. The summed E-state index contributed by atoms with van der Waals surface area (Å²) in [6.07, 6.45) is 5.12. The Labute approximate surface area is 79.8 Å². The van der Waals surface area contributed by atoms with Crippen molar-refractivity contribution >= 4 is 5.78 Å². The summed E-state index contributed by atoms with van der Waals surface area (Å²) >= 11 is 0. The fraction of sp³-hybridized carbons (Fsp3) is 0.417. The van der Waals surface area contributed by atoms with Gasteiger partial charge in [-0.1, -0.05) is 32.1 Å². The first-order valence-corrected chi connectivity index (χ1v) is 4.51. The summed E-state index contributed by atoms with van der Waals surface area (Å²) in [7, 11) is 0. The van der Waals surface area contributed by atoms with Crippen LogP contribution in [-0.4, -0.2) is 5.78 Å². The highest BCUT2D eigenvalue weighted by atomic mass is 16.1. The first-order chi connectivity index (χ1) is 5.97. The Hall–Kier alpha value is -1.11. The van der Waals surface area contributed by atoms with Crippen LogP contribution in [0.3, 0.4) is 0 Å². The number of allylic oxidation sites excluding steroid dienone is 4. The Morgan fingerprint density at radius 2 is 2.23 bits per heavy atom. The van der Waals surface area contributed by atoms with E-state index in [4.69, 9.17) is 0 Å². The van der Waals surface area contributed by atoms with Crippen molar-refractivity contribution in [2.75, 3.05) is 0 Å². The van der Waals surface area contributed by atoms with Crippen molar-refractivity contribution in [3.63, 3.8) is 0 Å². The van der Waals surface area contributed by atoms with Gasteiger partial charge in [-0.3, -0.25) is 4.79 Å². The van der Waals surface area contributed by atoms with E-state index < -0.39 is 0 Å². The van der Waals surface area contributed by atoms with Crippen LogP contribution in [0.2, 0.25) is 0 Å². The lowest BCUT2D eigenvalue weighted by Crippen LogP contribution is -2.23. The molecule has 0 unspecified atom stereocenters. The van der Waals surface area contributed by atoms with E-state index >= 15 is 0 Å². The van der Waals surface area contributed by atoms with Gasteiger partial charge in [0, 0.05) is 0 Å². The molecule has 1 nitrogen and oxygen atoms in total. The molecule has 1 aliphatic carbocycles. The van der Waals surface area contributed by atoms with Crippen LogP contribution in [0, 0.1) is 5.41 Å². The Balaban J connectivity index is 3.02. The van der Waals surface area contributed by atoms with Crippen LogP contribution in [0.25, 0.3) is 0 Å². The summed E-state index contributed by atoms with van der Waals surface area (Å²) in [5.41, 5.74) is 1.96. The summed E-state index contributed by atoms with van der Waals surface area (Å²) in [6, 6.07) is 0. The van der Waals surface area contributed by atoms with Gasteiger partial charge in [0.2, 0.25) is 0 Å². The molecule has 13 heavy (non-hydrogen) atoms. The fourth-order valence-corrected chi connectivity index (χ4v) is 1.68. The van der Waals surface area contributed by atoms with Crippen molar-refractivity contribution < 1.29 is 4.79 Å². The topological polar surface area (TPSA) is 17.1 Å². The Morgan fingerprint density at radius 1 is 1.62 bits per heavy atom. The molecule has 0 saturated heterocycles. The van der Waals surface area contributed by atoms with Gasteiger partial charge in [0.25, 0.3) is 0 Å². The first kappa shape index (κ1) is 9.97. The van der Waals surface area contributed by atoms with Crippen LogP contribution < -0.4 is 0 Å². The SMILES string of the molecule is C=CCC1=CC(=O)C(=C)CC1(C)C. The van der Waals surface area contributed by atoms with Crippen LogP contribution in [-0.2, 0) is 4.79 Å². The van der Waals surface area contributed by atoms with Crippen molar-refractivity contribution in [3.8, 4) is 0 Å². The second-order valence-electron chi connectivity index (χ2n) is 4.19. The van der Waals surface area contributed by atoms with Gasteiger partial charge in [0.05, 0.1) is 0 Å². The standard InChI is InChI=1S/C12H16O/c1-5-6-10-7-11(13)9(2)8-12(10,3)4/h5,7H,1-2,6,8H2,3-4H3. The number of carbonyl (C=O) groups excluding carboxylic acids is 1. The van der Waals surface area contributed by atoms with Crippen molar-refractivity contribution in [1.29, 1.82) is 0 Å². The van der Waals surface area contributed by atoms with E-state index in [1.807, 2.05) is 6.08 Å². The second-order valence-corrected chi connectivity index (χ2v) is 4.19. The Morgan fingerprint density at radius 3 is 2.77 bits per heavy atom. The third kappa shape index (κ3) is 1.97. The maximum Gasteiger partial charge on any atom is 0.181 e. The van der Waals surface area contributed by atoms with Gasteiger partial charge in [-0.05, 0) is 29.9 Å². The van der Waals surface area contributed by atoms with Crippen molar-refractivity contribution in [2.24, 2.45) is 5.41 Å². The zero-order valence-electron chi connectivity index (χ0n) is 8.39. The average Bonchev–Trinajstić information content (AvgIpc) is 2.00. The lowest BCUT2D eigenvalue weighted by Gasteiger charge is -2.31. The molecule has 0 fully saturated rings. The number of carbonyl (C=O) groups is 1. The summed E-state index contributed by atoms with van der Waals surface area (Å²) in [6.45, 7) is 11.7. The highest BCUT2D eigenvalue weighted by molar-refractivity contribution is 6.05. The summed E-state index contributed by atoms with van der Waals surface area (Å²) in [5.74, 6) is 0.0798. The average molecular weight is 176 g/mol. The van der Waals surface area contributed by atoms with Crippen LogP contribution in [0.1, 0.15) is 26.7 Å². The van der Waals surface area contributed by atoms with Gasteiger partial charge in [-0.25, -0.2) is 0 Å². The van der Waals surface area contributed by atoms with Gasteiger partial charge in [-0.2, -0.15) is 0 Å². The number of ketones is 1. The van der Waals surface area contributed by atoms with E-state index in [0.717, 1.165) is 18.4 Å². The minimum absolute atomic E-state index is 0.0686. The summed E-state index contributed by atoms with van der Waals surface area (Å²) < 4.78 is 0. The molecule has 0 aromatic carbocycles. The molecule has 0 N–H and O–H groups in total. The largest absolute Gasteiger partial charge is 0.290 e. The van der Waals surface area contributed by atoms with E-state index in [0.29, 0.717) is 0 Å². The molecule has 0 atom stereocenters. The third-order valence-electron chi connectivity index (χ3n) is 2.54. The molecule has 0 bridgehead atoms. The normalized spacial score (nSPS) is 21.2. The lowest BCUT2D eigenvalue weighted by atomic mass is 9.72. The molecular formula is C12H16O. The quantitative estimate of drug-likeness (QED) is 0.467. The zero-order valence-corrected chi connectivity index (χ0v) is 8.39. The minimum Gasteiger partial charge on any atom is -0.290 e. The van der Waals surface area contributed by atoms with E-state index in [1.54, 1.807) is 6.08 Å². The minimum atomic E-state index is 0.0686. The van der Waals surface area contributed by atoms with Crippen molar-refractivity contribution in [3.05, 3.63) is 36.5 Å². The number of hydrogen-bond donors (Lipinski definition) is 0. The molecular weight excluding hydrogens is 160 g/mol. The molecule has 1 heteroatoms. The van der Waals surface area contributed by atoms with Gasteiger partial charge in [-0.15, -0.1) is 6.58 Å². The van der Waals surface area contributed by atoms with Gasteiger partial charge in [0.15, 0.2) is 5.78 Å². The van der Waals surface area contributed by atoms with Crippen LogP contribution in [0.5, 0.6) is 0 Å². The number of hydrogen-bond acceptors (Lipinski definition) is 1. The fourth-order valence-electron chi connectivity index (χ4n) is 1.68. The molecule has 0 radical (unpaired) electrons. The summed E-state index contributed by atoms with van der Waals surface area (Å²) in [4.78, 5) is 11.4. The van der Waals surface area contributed by atoms with E-state index in [-0.39, 0.29) is 11.2 Å². The molecule has 0 aromatic heterocycles. The predicted octanol–water partition coefficient (Wildman–Crippen LogP) is 3.04. The highest BCUT2D eigenvalue weighted by Gasteiger charge is 2.29. The maximum atomic E-state index is 11.4. The molecule has 1 aliphatic rings. The van der Waals surface area contributed by atoms with Crippen LogP contribution in [0.15, 0.2) is 36.5 Å². The number of rotatable bonds is 2. The Kier molecular flexibility index (Phi) is 2.55. The van der Waals surface area contributed by atoms with Gasteiger partial charge >= 0.3 is 0 Å². The lowest BCUT2D eigenvalue weighted by molar-refractivity contribution is -0.112. The van der Waals surface area contributed by atoms with Crippen LogP contribution in [0.4, 0.5) is 0 Å². The Bertz CT molecular complexity index is 292. The molecule has 1 rings (SSSR count). The summed E-state index contributed by atoms with van der Waals surface area (Å²) in [5, 5.41) is 0. The van der Waals surface area contributed by atoms with Crippen molar-refractivity contribution in [1.82, 2.24) is 0 Å². The molecule has 0 heterocycles. The monoisotopic (exact) mass is 176 g/mol.